The zero-order valence-corrected chi connectivity index (χ0v) is 15.8. The van der Waals surface area contributed by atoms with Crippen LogP contribution < -0.4 is 10.2 Å². The van der Waals surface area contributed by atoms with E-state index in [1.165, 1.54) is 12.8 Å². The van der Waals surface area contributed by atoms with Crippen LogP contribution >= 0.6 is 0 Å². The molecule has 0 bridgehead atoms. The van der Waals surface area contributed by atoms with Gasteiger partial charge in [-0.05, 0) is 43.5 Å². The van der Waals surface area contributed by atoms with E-state index < -0.39 is 5.97 Å². The first-order valence-electron chi connectivity index (χ1n) is 9.81. The average Bonchev–Trinajstić information content (AvgIpc) is 2.95. The fourth-order valence-electron chi connectivity index (χ4n) is 3.49. The second kappa shape index (κ2) is 8.84. The highest BCUT2D eigenvalue weighted by molar-refractivity contribution is 6.05. The molecule has 0 aliphatic carbocycles. The molecule has 0 atom stereocenters. The fraction of sp³-hybridized carbons (Fsp3) is 0.476. The number of unbranched alkanes of at least 4 members (excludes halogenated alkanes) is 1. The number of aromatic carboxylic acids is 1. The number of anilines is 2. The van der Waals surface area contributed by atoms with Gasteiger partial charge in [0, 0.05) is 30.6 Å². The number of hydrogen-bond donors (Lipinski definition) is 2. The molecule has 1 aliphatic heterocycles. The number of pyridine rings is 1. The molecule has 1 saturated heterocycles. The van der Waals surface area contributed by atoms with Crippen molar-refractivity contribution < 1.29 is 14.7 Å². The highest BCUT2D eigenvalue weighted by Gasteiger charge is 2.17. The van der Waals surface area contributed by atoms with Crippen LogP contribution in [0.25, 0.3) is 10.9 Å². The molecule has 1 aromatic heterocycles. The van der Waals surface area contributed by atoms with Crippen molar-refractivity contribution in [3.63, 3.8) is 0 Å². The first-order chi connectivity index (χ1) is 13.1. The van der Waals surface area contributed by atoms with Gasteiger partial charge in [-0.15, -0.1) is 0 Å². The highest BCUT2D eigenvalue weighted by Crippen LogP contribution is 2.27. The number of carboxylic acids is 1. The van der Waals surface area contributed by atoms with Gasteiger partial charge in [0.1, 0.15) is 5.82 Å². The van der Waals surface area contributed by atoms with Crippen molar-refractivity contribution in [3.8, 4) is 0 Å². The standard InChI is InChI=1S/C21H27N3O3/c1-2-3-8-20(25)22-15-9-10-18-16(13-15)17(21(26)27)14-19(23-18)24-11-6-4-5-7-12-24/h9-10,13-14H,2-8,11-12H2,1H3,(H,22,25)(H,26,27). The second-order valence-electron chi connectivity index (χ2n) is 7.12. The van der Waals surface area contributed by atoms with Gasteiger partial charge in [-0.3, -0.25) is 4.79 Å². The second-order valence-corrected chi connectivity index (χ2v) is 7.12. The lowest BCUT2D eigenvalue weighted by atomic mass is 10.1. The first-order valence-corrected chi connectivity index (χ1v) is 9.81. The predicted molar refractivity (Wildman–Crippen MR) is 108 cm³/mol. The SMILES string of the molecule is CCCCC(=O)Nc1ccc2nc(N3CCCCCC3)cc(C(=O)O)c2c1. The number of nitrogens with zero attached hydrogens (tertiary/aromatic N) is 2. The van der Waals surface area contributed by atoms with Gasteiger partial charge in [0.2, 0.25) is 5.91 Å². The Kier molecular flexibility index (Phi) is 6.27. The first kappa shape index (κ1) is 19.1. The summed E-state index contributed by atoms with van der Waals surface area (Å²) < 4.78 is 0. The van der Waals surface area contributed by atoms with E-state index >= 15 is 0 Å². The molecule has 3 rings (SSSR count). The number of carboxylic acid groups (broad SMARTS) is 1. The number of benzene rings is 1. The molecule has 1 aromatic carbocycles. The van der Waals surface area contributed by atoms with Crippen molar-refractivity contribution in [1.29, 1.82) is 0 Å². The van der Waals surface area contributed by atoms with E-state index in [1.807, 2.05) is 6.92 Å². The molecule has 0 unspecified atom stereocenters. The molecule has 0 radical (unpaired) electrons. The molecule has 144 valence electrons. The van der Waals surface area contributed by atoms with Crippen molar-refractivity contribution in [2.75, 3.05) is 23.3 Å². The zero-order chi connectivity index (χ0) is 19.2. The van der Waals surface area contributed by atoms with Crippen LogP contribution in [0.1, 0.15) is 62.2 Å². The normalized spacial score (nSPS) is 14.8. The minimum Gasteiger partial charge on any atom is -0.478 e. The van der Waals surface area contributed by atoms with Crippen LogP contribution in [0.15, 0.2) is 24.3 Å². The Balaban J connectivity index is 1.93. The number of rotatable bonds is 6. The van der Waals surface area contributed by atoms with Gasteiger partial charge in [-0.25, -0.2) is 9.78 Å². The lowest BCUT2D eigenvalue weighted by Gasteiger charge is -2.22. The average molecular weight is 369 g/mol. The van der Waals surface area contributed by atoms with E-state index in [1.54, 1.807) is 24.3 Å². The van der Waals surface area contributed by atoms with E-state index in [0.717, 1.165) is 44.6 Å². The number of fused-ring (bicyclic) bond motifs is 1. The van der Waals surface area contributed by atoms with Gasteiger partial charge in [-0.2, -0.15) is 0 Å². The molecule has 27 heavy (non-hydrogen) atoms. The Morgan fingerprint density at radius 3 is 2.56 bits per heavy atom. The zero-order valence-electron chi connectivity index (χ0n) is 15.8. The van der Waals surface area contributed by atoms with Crippen LogP contribution in [0.5, 0.6) is 0 Å². The summed E-state index contributed by atoms with van der Waals surface area (Å²) in [7, 11) is 0. The van der Waals surface area contributed by atoms with Crippen LogP contribution in [0.3, 0.4) is 0 Å². The summed E-state index contributed by atoms with van der Waals surface area (Å²) in [6.45, 7) is 3.85. The molecule has 2 heterocycles. The van der Waals surface area contributed by atoms with Gasteiger partial charge in [0.25, 0.3) is 0 Å². The van der Waals surface area contributed by atoms with Crippen molar-refractivity contribution in [3.05, 3.63) is 29.8 Å². The van der Waals surface area contributed by atoms with Gasteiger partial charge in [0.05, 0.1) is 11.1 Å². The molecule has 0 saturated carbocycles. The molecular formula is C21H27N3O3. The van der Waals surface area contributed by atoms with Crippen molar-refractivity contribution in [2.24, 2.45) is 0 Å². The Morgan fingerprint density at radius 2 is 1.89 bits per heavy atom. The molecule has 2 aromatic rings. The predicted octanol–water partition coefficient (Wildman–Crippen LogP) is 4.44. The van der Waals surface area contributed by atoms with Gasteiger partial charge < -0.3 is 15.3 Å². The summed E-state index contributed by atoms with van der Waals surface area (Å²) in [5.74, 6) is -0.309. The molecule has 6 heteroatoms. The van der Waals surface area contributed by atoms with Crippen molar-refractivity contribution >= 4 is 34.3 Å². The number of nitrogens with one attached hydrogen (secondary N) is 1. The minimum absolute atomic E-state index is 0.0535. The van der Waals surface area contributed by atoms with E-state index in [4.69, 9.17) is 4.98 Å². The minimum atomic E-state index is -0.979. The van der Waals surface area contributed by atoms with Crippen LogP contribution in [0, 0.1) is 0 Å². The smallest absolute Gasteiger partial charge is 0.336 e. The monoisotopic (exact) mass is 369 g/mol. The lowest BCUT2D eigenvalue weighted by molar-refractivity contribution is -0.116. The molecule has 6 nitrogen and oxygen atoms in total. The maximum atomic E-state index is 12.0. The van der Waals surface area contributed by atoms with Crippen LogP contribution in [-0.2, 0) is 4.79 Å². The number of aromatic nitrogens is 1. The Morgan fingerprint density at radius 1 is 1.15 bits per heavy atom. The van der Waals surface area contributed by atoms with Crippen LogP contribution in [0.2, 0.25) is 0 Å². The third-order valence-corrected chi connectivity index (χ3v) is 5.00. The third-order valence-electron chi connectivity index (χ3n) is 5.00. The summed E-state index contributed by atoms with van der Waals surface area (Å²) in [5.41, 5.74) is 1.47. The summed E-state index contributed by atoms with van der Waals surface area (Å²) in [6.07, 6.45) is 6.87. The number of amides is 1. The van der Waals surface area contributed by atoms with Crippen LogP contribution in [0.4, 0.5) is 11.5 Å². The molecule has 2 N–H and O–H groups in total. The third kappa shape index (κ3) is 4.76. The van der Waals surface area contributed by atoms with Gasteiger partial charge in [0.15, 0.2) is 0 Å². The molecule has 0 spiro atoms. The summed E-state index contributed by atoms with van der Waals surface area (Å²) in [6, 6.07) is 6.95. The number of carbonyl (C=O) groups is 2. The summed E-state index contributed by atoms with van der Waals surface area (Å²) in [5, 5.41) is 13.1. The van der Waals surface area contributed by atoms with Gasteiger partial charge in [-0.1, -0.05) is 26.2 Å². The van der Waals surface area contributed by atoms with E-state index in [2.05, 4.69) is 10.2 Å². The van der Waals surface area contributed by atoms with Crippen molar-refractivity contribution in [2.45, 2.75) is 51.9 Å². The highest BCUT2D eigenvalue weighted by atomic mass is 16.4. The molecular weight excluding hydrogens is 342 g/mol. The topological polar surface area (TPSA) is 82.5 Å². The molecule has 1 amide bonds. The Bertz CT molecular complexity index is 827. The van der Waals surface area contributed by atoms with Crippen LogP contribution in [-0.4, -0.2) is 35.1 Å². The van der Waals surface area contributed by atoms with E-state index in [0.29, 0.717) is 23.0 Å². The molecule has 1 aliphatic rings. The Labute approximate surface area is 159 Å². The fourth-order valence-corrected chi connectivity index (χ4v) is 3.49. The summed E-state index contributed by atoms with van der Waals surface area (Å²) >= 11 is 0. The maximum absolute atomic E-state index is 12.0. The largest absolute Gasteiger partial charge is 0.478 e. The van der Waals surface area contributed by atoms with Gasteiger partial charge >= 0.3 is 5.97 Å². The lowest BCUT2D eigenvalue weighted by Crippen LogP contribution is -2.25. The maximum Gasteiger partial charge on any atom is 0.336 e. The molecule has 1 fully saturated rings. The Hall–Kier alpha value is -2.63. The van der Waals surface area contributed by atoms with E-state index in [-0.39, 0.29) is 11.5 Å². The quantitative estimate of drug-likeness (QED) is 0.786. The summed E-state index contributed by atoms with van der Waals surface area (Å²) in [4.78, 5) is 30.7. The van der Waals surface area contributed by atoms with Crippen molar-refractivity contribution in [1.82, 2.24) is 4.98 Å². The number of hydrogen-bond acceptors (Lipinski definition) is 4. The number of carbonyl (C=O) groups excluding carboxylic acids is 1. The van der Waals surface area contributed by atoms with E-state index in [9.17, 15) is 14.7 Å².